The Bertz CT molecular complexity index is 707. The Hall–Kier alpha value is -1.77. The number of nitrogens with two attached hydrogens (primary N) is 1. The van der Waals surface area contributed by atoms with Crippen molar-refractivity contribution in [2.45, 2.75) is 19.6 Å². The number of hydrogen-bond donors (Lipinski definition) is 1. The fraction of sp³-hybridized carbons (Fsp3) is 0.333. The smallest absolute Gasteiger partial charge is 0.393 e. The van der Waals surface area contributed by atoms with E-state index in [1.54, 1.807) is 0 Å². The van der Waals surface area contributed by atoms with Gasteiger partial charge in [0.1, 0.15) is 0 Å². The first-order valence-electron chi connectivity index (χ1n) is 5.83. The molecule has 0 saturated heterocycles. The minimum absolute atomic E-state index is 0.0209. The molecule has 0 aliphatic rings. The number of fused-ring (bicyclic) bond motifs is 1. The zero-order valence-electron chi connectivity index (χ0n) is 10.7. The molecule has 1 aromatic carbocycles. The Morgan fingerprint density at radius 1 is 1.33 bits per heavy atom. The van der Waals surface area contributed by atoms with Gasteiger partial charge in [-0.1, -0.05) is 19.1 Å². The van der Waals surface area contributed by atoms with Gasteiger partial charge in [0, 0.05) is 24.6 Å². The van der Waals surface area contributed by atoms with Gasteiger partial charge in [0.15, 0.2) is 11.6 Å². The molecule has 0 spiro atoms. The molecule has 1 unspecified atom stereocenters. The van der Waals surface area contributed by atoms with Crippen LogP contribution in [0, 0.1) is 17.6 Å². The highest BCUT2D eigenvalue weighted by Crippen LogP contribution is 2.32. The molecule has 3 nitrogen and oxygen atoms in total. The van der Waals surface area contributed by atoms with Crippen LogP contribution in [0.4, 0.5) is 22.0 Å². The van der Waals surface area contributed by atoms with Gasteiger partial charge >= 0.3 is 6.18 Å². The lowest BCUT2D eigenvalue weighted by Gasteiger charge is -2.15. The van der Waals surface area contributed by atoms with Gasteiger partial charge < -0.3 is 10.3 Å². The van der Waals surface area contributed by atoms with Gasteiger partial charge in [0.2, 0.25) is 5.82 Å². The number of imidazole rings is 1. The second-order valence-electron chi connectivity index (χ2n) is 4.60. The third-order valence-corrected chi connectivity index (χ3v) is 3.39. The van der Waals surface area contributed by atoms with Crippen LogP contribution >= 0.6 is 12.2 Å². The average Bonchev–Trinajstić information content (AvgIpc) is 2.68. The molecule has 1 aromatic heterocycles. The van der Waals surface area contributed by atoms with Crippen molar-refractivity contribution in [3.8, 4) is 0 Å². The van der Waals surface area contributed by atoms with Crippen LogP contribution < -0.4 is 5.73 Å². The molecule has 114 valence electrons. The van der Waals surface area contributed by atoms with E-state index in [1.165, 1.54) is 6.92 Å². The lowest BCUT2D eigenvalue weighted by atomic mass is 10.2. The Labute approximate surface area is 121 Å². The summed E-state index contributed by atoms with van der Waals surface area (Å²) in [5.41, 5.74) is 4.95. The van der Waals surface area contributed by atoms with Crippen molar-refractivity contribution >= 4 is 28.2 Å². The predicted molar refractivity (Wildman–Crippen MR) is 70.6 cm³/mol. The molecule has 2 aromatic rings. The van der Waals surface area contributed by atoms with E-state index in [9.17, 15) is 22.0 Å². The first kappa shape index (κ1) is 15.6. The van der Waals surface area contributed by atoms with Gasteiger partial charge in [-0.25, -0.2) is 13.8 Å². The molecule has 0 radical (unpaired) electrons. The van der Waals surface area contributed by atoms with Gasteiger partial charge in [-0.15, -0.1) is 0 Å². The van der Waals surface area contributed by atoms with Gasteiger partial charge in [0.25, 0.3) is 0 Å². The van der Waals surface area contributed by atoms with Crippen LogP contribution in [0.15, 0.2) is 12.1 Å². The van der Waals surface area contributed by atoms with E-state index in [4.69, 9.17) is 18.0 Å². The number of rotatable bonds is 3. The van der Waals surface area contributed by atoms with Gasteiger partial charge in [0.05, 0.1) is 16.0 Å². The maximum Gasteiger partial charge on any atom is 0.449 e. The quantitative estimate of drug-likeness (QED) is 0.696. The zero-order valence-corrected chi connectivity index (χ0v) is 11.5. The zero-order chi connectivity index (χ0) is 15.9. The summed E-state index contributed by atoms with van der Waals surface area (Å²) in [6.45, 7) is 1.31. The normalized spacial score (nSPS) is 13.6. The molecule has 0 aliphatic carbocycles. The van der Waals surface area contributed by atoms with Crippen LogP contribution in [0.25, 0.3) is 11.0 Å². The minimum Gasteiger partial charge on any atom is -0.393 e. The lowest BCUT2D eigenvalue weighted by molar-refractivity contribution is -0.147. The maximum atomic E-state index is 13.3. The van der Waals surface area contributed by atoms with E-state index < -0.39 is 29.6 Å². The van der Waals surface area contributed by atoms with E-state index in [0.717, 1.165) is 4.57 Å². The Kier molecular flexibility index (Phi) is 3.87. The molecule has 1 heterocycles. The second kappa shape index (κ2) is 5.21. The first-order chi connectivity index (χ1) is 9.61. The van der Waals surface area contributed by atoms with Crippen LogP contribution in [0.2, 0.25) is 0 Å². The van der Waals surface area contributed by atoms with E-state index in [2.05, 4.69) is 4.98 Å². The second-order valence-corrected chi connectivity index (χ2v) is 5.07. The monoisotopic (exact) mass is 323 g/mol. The van der Waals surface area contributed by atoms with Gasteiger partial charge in [-0.2, -0.15) is 13.2 Å². The largest absolute Gasteiger partial charge is 0.449 e. The Balaban J connectivity index is 2.68. The highest BCUT2D eigenvalue weighted by Gasteiger charge is 2.38. The SMILES string of the molecule is CC(Cn1c(C(F)(F)F)nc2cc(F)c(F)cc21)C(N)=S. The number of benzene rings is 1. The van der Waals surface area contributed by atoms with Crippen LogP contribution in [-0.4, -0.2) is 14.5 Å². The third-order valence-electron chi connectivity index (χ3n) is 2.99. The maximum absolute atomic E-state index is 13.3. The Morgan fingerprint density at radius 2 is 1.90 bits per heavy atom. The fourth-order valence-electron chi connectivity index (χ4n) is 1.89. The summed E-state index contributed by atoms with van der Waals surface area (Å²) in [6.07, 6.45) is -4.76. The fourth-order valence-corrected chi connectivity index (χ4v) is 1.96. The predicted octanol–water partition coefficient (Wildman–Crippen LogP) is 3.26. The number of aromatic nitrogens is 2. The van der Waals surface area contributed by atoms with Crippen molar-refractivity contribution in [1.82, 2.24) is 9.55 Å². The summed E-state index contributed by atoms with van der Waals surface area (Å²) in [7, 11) is 0. The van der Waals surface area contributed by atoms with Gasteiger partial charge in [-0.3, -0.25) is 0 Å². The van der Waals surface area contributed by atoms with Crippen LogP contribution in [0.3, 0.4) is 0 Å². The molecule has 1 atom stereocenters. The van der Waals surface area contributed by atoms with Crippen molar-refractivity contribution in [2.75, 3.05) is 0 Å². The molecular weight excluding hydrogens is 313 g/mol. The molecule has 9 heteroatoms. The minimum atomic E-state index is -4.76. The molecular formula is C12H10F5N3S. The standard InChI is InChI=1S/C12H10F5N3S/c1-5(10(18)21)4-20-9-3-7(14)6(13)2-8(9)19-11(20)12(15,16)17/h2-3,5H,4H2,1H3,(H2,18,21). The summed E-state index contributed by atoms with van der Waals surface area (Å²) in [4.78, 5) is 3.37. The lowest BCUT2D eigenvalue weighted by Crippen LogP contribution is -2.25. The van der Waals surface area contributed by atoms with Crippen molar-refractivity contribution in [1.29, 1.82) is 0 Å². The molecule has 0 aliphatic heterocycles. The average molecular weight is 323 g/mol. The molecule has 2 N–H and O–H groups in total. The number of nitrogens with zero attached hydrogens (tertiary/aromatic N) is 2. The van der Waals surface area contributed by atoms with E-state index in [0.29, 0.717) is 12.1 Å². The number of alkyl halides is 3. The highest BCUT2D eigenvalue weighted by atomic mass is 32.1. The summed E-state index contributed by atoms with van der Waals surface area (Å²) in [5.74, 6) is -4.32. The molecule has 0 fully saturated rings. The number of thiocarbonyl (C=S) groups is 1. The number of halogens is 5. The first-order valence-corrected chi connectivity index (χ1v) is 6.24. The molecule has 21 heavy (non-hydrogen) atoms. The third kappa shape index (κ3) is 2.97. The van der Waals surface area contributed by atoms with Crippen molar-refractivity contribution in [3.05, 3.63) is 29.6 Å². The van der Waals surface area contributed by atoms with E-state index >= 15 is 0 Å². The van der Waals surface area contributed by atoms with Crippen molar-refractivity contribution in [3.63, 3.8) is 0 Å². The van der Waals surface area contributed by atoms with Gasteiger partial charge in [-0.05, 0) is 0 Å². The van der Waals surface area contributed by atoms with E-state index in [1.807, 2.05) is 0 Å². The van der Waals surface area contributed by atoms with Crippen molar-refractivity contribution < 1.29 is 22.0 Å². The summed E-state index contributed by atoms with van der Waals surface area (Å²) >= 11 is 4.73. The molecule has 0 bridgehead atoms. The van der Waals surface area contributed by atoms with Crippen LogP contribution in [0.1, 0.15) is 12.7 Å². The number of hydrogen-bond acceptors (Lipinski definition) is 2. The highest BCUT2D eigenvalue weighted by molar-refractivity contribution is 7.80. The van der Waals surface area contributed by atoms with E-state index in [-0.39, 0.29) is 22.6 Å². The Morgan fingerprint density at radius 3 is 2.43 bits per heavy atom. The van der Waals surface area contributed by atoms with Crippen LogP contribution in [0.5, 0.6) is 0 Å². The molecule has 0 amide bonds. The summed E-state index contributed by atoms with van der Waals surface area (Å²) in [5, 5.41) is 0. The molecule has 2 rings (SSSR count). The van der Waals surface area contributed by atoms with Crippen LogP contribution in [-0.2, 0) is 12.7 Å². The summed E-state index contributed by atoms with van der Waals surface area (Å²) < 4.78 is 66.2. The topological polar surface area (TPSA) is 43.8 Å². The molecule has 0 saturated carbocycles. The summed E-state index contributed by atoms with van der Waals surface area (Å²) in [6, 6.07) is 1.31. The van der Waals surface area contributed by atoms with Crippen molar-refractivity contribution in [2.24, 2.45) is 11.7 Å².